The molecule has 0 aromatic carbocycles. The monoisotopic (exact) mass is 460 g/mol. The average Bonchev–Trinajstić information content (AvgIpc) is 2.54. The van der Waals surface area contributed by atoms with E-state index in [-0.39, 0.29) is 47.3 Å². The van der Waals surface area contributed by atoms with Crippen molar-refractivity contribution in [2.75, 3.05) is 19.8 Å². The quantitative estimate of drug-likeness (QED) is 0.332. The molecule has 0 radical (unpaired) electrons. The van der Waals surface area contributed by atoms with E-state index >= 15 is 0 Å². The zero-order valence-corrected chi connectivity index (χ0v) is 24.1. The standard InChI is InChI=1S/C27H56O5/c1-20(2)29-19-27(18-28,32-26(14,15)23(6,7)8)31-21(17-30-24(9,10)11)16-25(12,13)22(3,4)5/h20-21,28H,16-19H2,1-15H3. The number of aliphatic hydroxyl groups is 1. The summed E-state index contributed by atoms with van der Waals surface area (Å²) in [6, 6.07) is 0. The summed E-state index contributed by atoms with van der Waals surface area (Å²) in [7, 11) is 0. The van der Waals surface area contributed by atoms with Gasteiger partial charge in [0, 0.05) is 0 Å². The van der Waals surface area contributed by atoms with Crippen LogP contribution in [0.4, 0.5) is 0 Å². The Bertz CT molecular complexity index is 546. The van der Waals surface area contributed by atoms with Crippen molar-refractivity contribution in [1.29, 1.82) is 0 Å². The van der Waals surface area contributed by atoms with Crippen molar-refractivity contribution in [1.82, 2.24) is 0 Å². The van der Waals surface area contributed by atoms with E-state index in [4.69, 9.17) is 18.9 Å². The van der Waals surface area contributed by atoms with Crippen molar-refractivity contribution in [3.05, 3.63) is 0 Å². The van der Waals surface area contributed by atoms with Crippen LogP contribution in [-0.4, -0.2) is 54.1 Å². The topological polar surface area (TPSA) is 57.2 Å². The molecule has 0 aromatic rings. The summed E-state index contributed by atoms with van der Waals surface area (Å²) < 4.78 is 25.4. The van der Waals surface area contributed by atoms with Gasteiger partial charge in [-0.2, -0.15) is 0 Å². The molecule has 0 aliphatic rings. The molecular weight excluding hydrogens is 404 g/mol. The molecule has 0 fully saturated rings. The molecule has 0 aromatic heterocycles. The normalized spacial score (nSPS) is 17.5. The van der Waals surface area contributed by atoms with Crippen LogP contribution in [-0.2, 0) is 18.9 Å². The van der Waals surface area contributed by atoms with Crippen molar-refractivity contribution in [2.45, 2.75) is 139 Å². The van der Waals surface area contributed by atoms with Gasteiger partial charge in [0.05, 0.1) is 36.6 Å². The molecule has 0 amide bonds. The largest absolute Gasteiger partial charge is 0.391 e. The fourth-order valence-corrected chi connectivity index (χ4v) is 2.77. The second-order valence-electron chi connectivity index (χ2n) is 13.8. The van der Waals surface area contributed by atoms with Gasteiger partial charge in [0.15, 0.2) is 0 Å². The Morgan fingerprint density at radius 2 is 1.25 bits per heavy atom. The third-order valence-electron chi connectivity index (χ3n) is 6.98. The molecule has 0 spiro atoms. The van der Waals surface area contributed by atoms with Gasteiger partial charge in [0.25, 0.3) is 0 Å². The average molecular weight is 461 g/mol. The van der Waals surface area contributed by atoms with Gasteiger partial charge >= 0.3 is 0 Å². The molecule has 0 saturated carbocycles. The maximum absolute atomic E-state index is 10.6. The van der Waals surface area contributed by atoms with Crippen LogP contribution in [0.2, 0.25) is 0 Å². The molecule has 0 bridgehead atoms. The highest BCUT2D eigenvalue weighted by Crippen LogP contribution is 2.44. The molecule has 5 heteroatoms. The zero-order chi connectivity index (χ0) is 25.8. The third-order valence-corrected chi connectivity index (χ3v) is 6.98. The predicted octanol–water partition coefficient (Wildman–Crippen LogP) is 6.60. The lowest BCUT2D eigenvalue weighted by molar-refractivity contribution is -0.350. The van der Waals surface area contributed by atoms with Crippen LogP contribution in [0.5, 0.6) is 0 Å². The van der Waals surface area contributed by atoms with E-state index in [1.54, 1.807) is 0 Å². The summed E-state index contributed by atoms with van der Waals surface area (Å²) >= 11 is 0. The van der Waals surface area contributed by atoms with Crippen LogP contribution in [0.15, 0.2) is 0 Å². The van der Waals surface area contributed by atoms with Gasteiger partial charge in [0.1, 0.15) is 6.61 Å². The van der Waals surface area contributed by atoms with E-state index in [1.807, 2.05) is 48.5 Å². The summed E-state index contributed by atoms with van der Waals surface area (Å²) in [5, 5.41) is 10.6. The molecule has 0 rings (SSSR count). The Hall–Kier alpha value is -0.200. The molecule has 194 valence electrons. The van der Waals surface area contributed by atoms with Crippen LogP contribution < -0.4 is 0 Å². The molecule has 2 atom stereocenters. The van der Waals surface area contributed by atoms with Crippen molar-refractivity contribution in [3.8, 4) is 0 Å². The zero-order valence-electron chi connectivity index (χ0n) is 24.1. The molecule has 5 nitrogen and oxygen atoms in total. The fourth-order valence-electron chi connectivity index (χ4n) is 2.77. The first-order valence-electron chi connectivity index (χ1n) is 12.2. The number of rotatable bonds is 12. The number of hydrogen-bond donors (Lipinski definition) is 1. The van der Waals surface area contributed by atoms with Gasteiger partial charge in [-0.15, -0.1) is 0 Å². The minimum Gasteiger partial charge on any atom is -0.391 e. The summed E-state index contributed by atoms with van der Waals surface area (Å²) in [4.78, 5) is 0. The van der Waals surface area contributed by atoms with Gasteiger partial charge in [-0.25, -0.2) is 0 Å². The summed E-state index contributed by atoms with van der Waals surface area (Å²) in [5.74, 6) is -1.29. The van der Waals surface area contributed by atoms with Gasteiger partial charge in [0.2, 0.25) is 5.79 Å². The number of aliphatic hydroxyl groups excluding tert-OH is 1. The van der Waals surface area contributed by atoms with E-state index in [9.17, 15) is 5.11 Å². The molecular formula is C27H56O5. The Morgan fingerprint density at radius 3 is 1.59 bits per heavy atom. The van der Waals surface area contributed by atoms with Crippen LogP contribution in [0.1, 0.15) is 110 Å². The van der Waals surface area contributed by atoms with Gasteiger partial charge in [-0.3, -0.25) is 0 Å². The second-order valence-corrected chi connectivity index (χ2v) is 13.8. The van der Waals surface area contributed by atoms with Crippen LogP contribution in [0, 0.1) is 16.2 Å². The maximum atomic E-state index is 10.6. The first-order chi connectivity index (χ1) is 14.0. The predicted molar refractivity (Wildman–Crippen MR) is 134 cm³/mol. The minimum atomic E-state index is -1.29. The Labute approximate surface area is 199 Å². The lowest BCUT2D eigenvalue weighted by Gasteiger charge is -2.48. The highest BCUT2D eigenvalue weighted by Gasteiger charge is 2.46. The first-order valence-corrected chi connectivity index (χ1v) is 12.2. The van der Waals surface area contributed by atoms with Gasteiger partial charge in [-0.05, 0) is 71.1 Å². The first kappa shape index (κ1) is 31.8. The van der Waals surface area contributed by atoms with Crippen molar-refractivity contribution in [3.63, 3.8) is 0 Å². The van der Waals surface area contributed by atoms with Gasteiger partial charge in [-0.1, -0.05) is 55.4 Å². The molecule has 0 saturated heterocycles. The molecule has 1 N–H and O–H groups in total. The smallest absolute Gasteiger partial charge is 0.216 e. The Kier molecular flexibility index (Phi) is 11.0. The molecule has 2 unspecified atom stereocenters. The minimum absolute atomic E-state index is 0.0128. The lowest BCUT2D eigenvalue weighted by atomic mass is 9.66. The number of hydrogen-bond acceptors (Lipinski definition) is 5. The summed E-state index contributed by atoms with van der Waals surface area (Å²) in [5.41, 5.74) is -0.992. The molecule has 0 aliphatic carbocycles. The van der Waals surface area contributed by atoms with Crippen LogP contribution in [0.25, 0.3) is 0 Å². The van der Waals surface area contributed by atoms with Crippen molar-refractivity contribution < 1.29 is 24.1 Å². The van der Waals surface area contributed by atoms with E-state index < -0.39 is 11.4 Å². The molecule has 0 aliphatic heterocycles. The lowest BCUT2D eigenvalue weighted by Crippen LogP contribution is -2.56. The van der Waals surface area contributed by atoms with E-state index in [2.05, 4.69) is 55.4 Å². The van der Waals surface area contributed by atoms with Crippen LogP contribution in [0.3, 0.4) is 0 Å². The van der Waals surface area contributed by atoms with E-state index in [1.165, 1.54) is 0 Å². The summed E-state index contributed by atoms with van der Waals surface area (Å²) in [6.45, 7) is 32.0. The molecule has 32 heavy (non-hydrogen) atoms. The number of ether oxygens (including phenoxy) is 4. The maximum Gasteiger partial charge on any atom is 0.216 e. The third kappa shape index (κ3) is 10.4. The fraction of sp³-hybridized carbons (Fsp3) is 1.00. The summed E-state index contributed by atoms with van der Waals surface area (Å²) in [6.07, 6.45) is 0.471. The van der Waals surface area contributed by atoms with Crippen molar-refractivity contribution >= 4 is 0 Å². The Morgan fingerprint density at radius 1 is 0.750 bits per heavy atom. The highest BCUT2D eigenvalue weighted by atomic mass is 16.7. The van der Waals surface area contributed by atoms with E-state index in [0.717, 1.165) is 6.42 Å². The molecule has 0 heterocycles. The Balaban J connectivity index is 6.13. The van der Waals surface area contributed by atoms with Crippen molar-refractivity contribution in [2.24, 2.45) is 16.2 Å². The highest BCUT2D eigenvalue weighted by molar-refractivity contribution is 4.90. The van der Waals surface area contributed by atoms with Gasteiger partial charge < -0.3 is 24.1 Å². The second kappa shape index (κ2) is 11.0. The van der Waals surface area contributed by atoms with E-state index in [0.29, 0.717) is 6.61 Å². The SMILES string of the molecule is CC(C)OCC(CO)(OC(COC(C)(C)C)CC(C)(C)C(C)(C)C)OC(C)(C)C(C)(C)C. The van der Waals surface area contributed by atoms with Crippen LogP contribution >= 0.6 is 0 Å².